The van der Waals surface area contributed by atoms with Gasteiger partial charge in [0.05, 0.1) is 16.2 Å². The SMILES string of the molecule is Nc1ncc(SCc2noc(-c3ccc(Cl)cc3)n2)s1. The first-order chi connectivity index (χ1) is 9.70. The van der Waals surface area contributed by atoms with Crippen molar-refractivity contribution >= 4 is 39.8 Å². The van der Waals surface area contributed by atoms with Gasteiger partial charge in [-0.2, -0.15) is 4.98 Å². The molecule has 5 nitrogen and oxygen atoms in total. The van der Waals surface area contributed by atoms with E-state index in [4.69, 9.17) is 21.9 Å². The highest BCUT2D eigenvalue weighted by Crippen LogP contribution is 2.29. The fourth-order valence-corrected chi connectivity index (χ4v) is 3.22. The zero-order valence-electron chi connectivity index (χ0n) is 10.1. The highest BCUT2D eigenvalue weighted by atomic mass is 35.5. The molecule has 0 aliphatic heterocycles. The summed E-state index contributed by atoms with van der Waals surface area (Å²) in [5.41, 5.74) is 6.42. The Kier molecular flexibility index (Phi) is 3.90. The van der Waals surface area contributed by atoms with Gasteiger partial charge in [-0.15, -0.1) is 11.8 Å². The highest BCUT2D eigenvalue weighted by molar-refractivity contribution is 8.00. The highest BCUT2D eigenvalue weighted by Gasteiger charge is 2.10. The molecule has 0 amide bonds. The van der Waals surface area contributed by atoms with Crippen LogP contribution in [0.5, 0.6) is 0 Å². The maximum atomic E-state index is 5.84. The monoisotopic (exact) mass is 324 g/mol. The van der Waals surface area contributed by atoms with Crippen LogP contribution in [0.1, 0.15) is 5.82 Å². The third-order valence-electron chi connectivity index (χ3n) is 2.41. The van der Waals surface area contributed by atoms with Gasteiger partial charge in [-0.25, -0.2) is 4.98 Å². The quantitative estimate of drug-likeness (QED) is 0.737. The lowest BCUT2D eigenvalue weighted by atomic mass is 10.2. The van der Waals surface area contributed by atoms with E-state index < -0.39 is 0 Å². The summed E-state index contributed by atoms with van der Waals surface area (Å²) in [5.74, 6) is 1.73. The molecule has 0 aliphatic rings. The molecule has 2 aromatic heterocycles. The van der Waals surface area contributed by atoms with E-state index in [1.54, 1.807) is 30.1 Å². The minimum Gasteiger partial charge on any atom is -0.375 e. The Balaban J connectivity index is 1.69. The molecule has 0 aliphatic carbocycles. The molecule has 0 spiro atoms. The second-order valence-electron chi connectivity index (χ2n) is 3.83. The molecule has 0 saturated carbocycles. The van der Waals surface area contributed by atoms with E-state index in [0.29, 0.717) is 27.6 Å². The fraction of sp³-hybridized carbons (Fsp3) is 0.0833. The van der Waals surface area contributed by atoms with Crippen LogP contribution in [-0.4, -0.2) is 15.1 Å². The molecule has 0 radical (unpaired) electrons. The third-order valence-corrected chi connectivity index (χ3v) is 4.67. The minimum absolute atomic E-state index is 0.487. The Hall–Kier alpha value is -1.57. The molecule has 2 heterocycles. The number of anilines is 1. The summed E-state index contributed by atoms with van der Waals surface area (Å²) in [6, 6.07) is 7.26. The third kappa shape index (κ3) is 3.12. The number of nitrogen functional groups attached to an aromatic ring is 1. The van der Waals surface area contributed by atoms with E-state index in [1.807, 2.05) is 12.1 Å². The first kappa shape index (κ1) is 13.4. The Labute approximate surface area is 128 Å². The van der Waals surface area contributed by atoms with Crippen molar-refractivity contribution in [3.05, 3.63) is 41.3 Å². The van der Waals surface area contributed by atoms with Gasteiger partial charge >= 0.3 is 0 Å². The predicted octanol–water partition coefficient (Wildman–Crippen LogP) is 3.72. The van der Waals surface area contributed by atoms with E-state index >= 15 is 0 Å². The molecule has 0 fully saturated rings. The first-order valence-corrected chi connectivity index (χ1v) is 7.81. The van der Waals surface area contributed by atoms with Gasteiger partial charge in [-0.05, 0) is 24.3 Å². The number of rotatable bonds is 4. The van der Waals surface area contributed by atoms with E-state index in [1.165, 1.54) is 11.3 Å². The van der Waals surface area contributed by atoms with Gasteiger partial charge in [0.15, 0.2) is 11.0 Å². The van der Waals surface area contributed by atoms with Crippen LogP contribution in [0.2, 0.25) is 5.02 Å². The van der Waals surface area contributed by atoms with E-state index in [2.05, 4.69) is 15.1 Å². The second kappa shape index (κ2) is 5.82. The van der Waals surface area contributed by atoms with E-state index in [9.17, 15) is 0 Å². The van der Waals surface area contributed by atoms with Crippen molar-refractivity contribution in [2.45, 2.75) is 9.96 Å². The summed E-state index contributed by atoms with van der Waals surface area (Å²) in [6.45, 7) is 0. The number of nitrogens with two attached hydrogens (primary N) is 1. The lowest BCUT2D eigenvalue weighted by molar-refractivity contribution is 0.425. The molecule has 3 rings (SSSR count). The van der Waals surface area contributed by atoms with Gasteiger partial charge in [0.2, 0.25) is 0 Å². The van der Waals surface area contributed by atoms with Crippen LogP contribution in [0.3, 0.4) is 0 Å². The van der Waals surface area contributed by atoms with Crippen LogP contribution in [0.25, 0.3) is 11.5 Å². The molecule has 0 unspecified atom stereocenters. The number of nitrogens with zero attached hydrogens (tertiary/aromatic N) is 3. The van der Waals surface area contributed by atoms with Gasteiger partial charge in [0.25, 0.3) is 5.89 Å². The van der Waals surface area contributed by atoms with Crippen LogP contribution in [0.15, 0.2) is 39.2 Å². The second-order valence-corrected chi connectivity index (χ2v) is 6.60. The van der Waals surface area contributed by atoms with Crippen molar-refractivity contribution in [1.82, 2.24) is 15.1 Å². The molecule has 2 N–H and O–H groups in total. The smallest absolute Gasteiger partial charge is 0.257 e. The van der Waals surface area contributed by atoms with Gasteiger partial charge in [-0.3, -0.25) is 0 Å². The summed E-state index contributed by atoms with van der Waals surface area (Å²) in [7, 11) is 0. The van der Waals surface area contributed by atoms with Gasteiger partial charge < -0.3 is 10.3 Å². The first-order valence-electron chi connectivity index (χ1n) is 5.63. The zero-order chi connectivity index (χ0) is 13.9. The van der Waals surface area contributed by atoms with E-state index in [-0.39, 0.29) is 0 Å². The average molecular weight is 325 g/mol. The number of aromatic nitrogens is 3. The van der Waals surface area contributed by atoms with Crippen molar-refractivity contribution < 1.29 is 4.52 Å². The van der Waals surface area contributed by atoms with Gasteiger partial charge in [-0.1, -0.05) is 28.1 Å². The van der Waals surface area contributed by atoms with Gasteiger partial charge in [0.1, 0.15) is 0 Å². The average Bonchev–Trinajstić information content (AvgIpc) is 3.06. The Morgan fingerprint density at radius 2 is 2.10 bits per heavy atom. The number of thioether (sulfide) groups is 1. The topological polar surface area (TPSA) is 77.8 Å². The maximum absolute atomic E-state index is 5.84. The summed E-state index contributed by atoms with van der Waals surface area (Å²) >= 11 is 8.85. The number of hydrogen-bond acceptors (Lipinski definition) is 7. The molecule has 0 atom stereocenters. The van der Waals surface area contributed by atoms with E-state index in [0.717, 1.165) is 9.77 Å². The number of hydrogen-bond donors (Lipinski definition) is 1. The van der Waals surface area contributed by atoms with Crippen molar-refractivity contribution in [3.8, 4) is 11.5 Å². The van der Waals surface area contributed by atoms with Crippen molar-refractivity contribution in [1.29, 1.82) is 0 Å². The normalized spacial score (nSPS) is 10.8. The lowest BCUT2D eigenvalue weighted by Crippen LogP contribution is -1.83. The number of benzene rings is 1. The summed E-state index contributed by atoms with van der Waals surface area (Å²) in [5, 5.41) is 5.18. The molecule has 0 bridgehead atoms. The summed E-state index contributed by atoms with van der Waals surface area (Å²) in [4.78, 5) is 8.33. The standard InChI is InChI=1S/C12H9ClN4OS2/c13-8-3-1-7(2-4-8)11-16-9(17-18-11)6-19-10-5-15-12(14)20-10/h1-5H,6H2,(H2,14,15). The molecular formula is C12H9ClN4OS2. The summed E-state index contributed by atoms with van der Waals surface area (Å²) in [6.07, 6.45) is 1.74. The fourth-order valence-electron chi connectivity index (χ4n) is 1.50. The van der Waals surface area contributed by atoms with Crippen LogP contribution in [0, 0.1) is 0 Å². The summed E-state index contributed by atoms with van der Waals surface area (Å²) < 4.78 is 6.26. The predicted molar refractivity (Wildman–Crippen MR) is 80.8 cm³/mol. The van der Waals surface area contributed by atoms with Crippen molar-refractivity contribution in [3.63, 3.8) is 0 Å². The molecule has 1 aromatic carbocycles. The molecule has 8 heteroatoms. The van der Waals surface area contributed by atoms with Crippen LogP contribution in [-0.2, 0) is 5.75 Å². The van der Waals surface area contributed by atoms with Crippen LogP contribution in [0.4, 0.5) is 5.13 Å². The molecule has 0 saturated heterocycles. The zero-order valence-corrected chi connectivity index (χ0v) is 12.5. The number of halogens is 1. The Bertz CT molecular complexity index is 710. The maximum Gasteiger partial charge on any atom is 0.257 e. The molecular weight excluding hydrogens is 316 g/mol. The van der Waals surface area contributed by atoms with Crippen molar-refractivity contribution in [2.24, 2.45) is 0 Å². The van der Waals surface area contributed by atoms with Crippen LogP contribution >= 0.6 is 34.7 Å². The lowest BCUT2D eigenvalue weighted by Gasteiger charge is -1.93. The Morgan fingerprint density at radius 1 is 1.30 bits per heavy atom. The minimum atomic E-state index is 0.487. The number of thiazole rings is 1. The van der Waals surface area contributed by atoms with Crippen molar-refractivity contribution in [2.75, 3.05) is 5.73 Å². The molecule has 20 heavy (non-hydrogen) atoms. The molecule has 102 valence electrons. The Morgan fingerprint density at radius 3 is 2.80 bits per heavy atom. The molecule has 3 aromatic rings. The van der Waals surface area contributed by atoms with Gasteiger partial charge in [0, 0.05) is 10.6 Å². The largest absolute Gasteiger partial charge is 0.375 e. The van der Waals surface area contributed by atoms with Crippen LogP contribution < -0.4 is 5.73 Å².